The molecule has 2 fully saturated rings. The summed E-state index contributed by atoms with van der Waals surface area (Å²) >= 11 is 0. The van der Waals surface area contributed by atoms with Gasteiger partial charge in [0.2, 0.25) is 0 Å². The fraction of sp³-hybridized carbons (Fsp3) is 0.909. The van der Waals surface area contributed by atoms with Crippen molar-refractivity contribution in [2.75, 3.05) is 0 Å². The van der Waals surface area contributed by atoms with Crippen LogP contribution < -0.4 is 0 Å². The number of rotatable bonds is 5. The lowest BCUT2D eigenvalue weighted by Gasteiger charge is -2.38. The molecule has 0 heterocycles. The van der Waals surface area contributed by atoms with Crippen LogP contribution in [0.5, 0.6) is 0 Å². The van der Waals surface area contributed by atoms with E-state index in [0.717, 1.165) is 38.0 Å². The number of carbonyl (C=O) groups excluding carboxylic acids is 1. The van der Waals surface area contributed by atoms with E-state index in [9.17, 15) is 14.7 Å². The summed E-state index contributed by atoms with van der Waals surface area (Å²) in [7, 11) is 0. The highest BCUT2D eigenvalue weighted by Gasteiger charge is 2.42. The molecule has 2 aliphatic carbocycles. The smallest absolute Gasteiger partial charge is 0.310 e. The first kappa shape index (κ1) is 21.2. The Morgan fingerprint density at radius 3 is 2.19 bits per heavy atom. The summed E-state index contributed by atoms with van der Waals surface area (Å²) < 4.78 is 6.07. The van der Waals surface area contributed by atoms with Crippen LogP contribution in [-0.4, -0.2) is 23.1 Å². The molecule has 0 aliphatic heterocycles. The molecule has 0 aromatic heterocycles. The van der Waals surface area contributed by atoms with Crippen LogP contribution >= 0.6 is 0 Å². The molecular weight excluding hydrogens is 328 g/mol. The molecule has 0 aromatic carbocycles. The number of hydrogen-bond donors (Lipinski definition) is 1. The van der Waals surface area contributed by atoms with Crippen molar-refractivity contribution < 1.29 is 19.4 Å². The van der Waals surface area contributed by atoms with E-state index in [1.807, 2.05) is 6.92 Å². The molecule has 2 rings (SSSR count). The average molecular weight is 367 g/mol. The van der Waals surface area contributed by atoms with Crippen LogP contribution in [0.4, 0.5) is 0 Å². The fourth-order valence-corrected chi connectivity index (χ4v) is 4.90. The molecule has 1 N–H and O–H groups in total. The first-order chi connectivity index (χ1) is 12.1. The zero-order valence-corrected chi connectivity index (χ0v) is 17.3. The summed E-state index contributed by atoms with van der Waals surface area (Å²) in [6.45, 7) is 10.8. The highest BCUT2D eigenvalue weighted by Crippen LogP contribution is 2.39. The van der Waals surface area contributed by atoms with Gasteiger partial charge in [0.05, 0.1) is 11.8 Å². The van der Waals surface area contributed by atoms with Gasteiger partial charge >= 0.3 is 11.9 Å². The minimum atomic E-state index is -0.849. The summed E-state index contributed by atoms with van der Waals surface area (Å²) in [6, 6.07) is 0. The van der Waals surface area contributed by atoms with E-state index < -0.39 is 17.8 Å². The summed E-state index contributed by atoms with van der Waals surface area (Å²) in [4.78, 5) is 24.7. The van der Waals surface area contributed by atoms with Gasteiger partial charge in [-0.05, 0) is 55.3 Å². The average Bonchev–Trinajstić information content (AvgIpc) is 2.53. The Balaban J connectivity index is 2.10. The maximum atomic E-state index is 13.0. The number of hydrogen-bond acceptors (Lipinski definition) is 3. The molecule has 0 spiro atoms. The highest BCUT2D eigenvalue weighted by atomic mass is 16.5. The van der Waals surface area contributed by atoms with E-state index in [1.54, 1.807) is 0 Å². The van der Waals surface area contributed by atoms with Crippen LogP contribution in [0.3, 0.4) is 0 Å². The maximum Gasteiger partial charge on any atom is 0.310 e. The van der Waals surface area contributed by atoms with E-state index >= 15 is 0 Å². The highest BCUT2D eigenvalue weighted by molar-refractivity contribution is 5.81. The lowest BCUT2D eigenvalue weighted by Crippen LogP contribution is -2.41. The van der Waals surface area contributed by atoms with E-state index in [1.165, 1.54) is 12.8 Å². The molecule has 0 bridgehead atoms. The monoisotopic (exact) mass is 366 g/mol. The van der Waals surface area contributed by atoms with Gasteiger partial charge in [-0.15, -0.1) is 0 Å². The Hall–Kier alpha value is -1.06. The van der Waals surface area contributed by atoms with Crippen LogP contribution in [0.2, 0.25) is 0 Å². The normalized spacial score (nSPS) is 34.1. The summed E-state index contributed by atoms with van der Waals surface area (Å²) in [5, 5.41) is 9.62. The van der Waals surface area contributed by atoms with Gasteiger partial charge in [0.15, 0.2) is 0 Å². The third-order valence-electron chi connectivity index (χ3n) is 6.48. The van der Waals surface area contributed by atoms with Crippen molar-refractivity contribution in [3.8, 4) is 0 Å². The second-order valence-electron chi connectivity index (χ2n) is 10.1. The number of ether oxygens (including phenoxy) is 1. The van der Waals surface area contributed by atoms with Crippen molar-refractivity contribution in [1.29, 1.82) is 0 Å². The van der Waals surface area contributed by atoms with E-state index in [0.29, 0.717) is 12.3 Å². The van der Waals surface area contributed by atoms with Crippen LogP contribution in [0.1, 0.15) is 86.0 Å². The van der Waals surface area contributed by atoms with Crippen molar-refractivity contribution in [1.82, 2.24) is 0 Å². The molecule has 2 saturated carbocycles. The first-order valence-electron chi connectivity index (χ1n) is 10.5. The fourth-order valence-electron chi connectivity index (χ4n) is 4.90. The van der Waals surface area contributed by atoms with Gasteiger partial charge in [0.25, 0.3) is 0 Å². The zero-order chi connectivity index (χ0) is 19.5. The van der Waals surface area contributed by atoms with Gasteiger partial charge < -0.3 is 9.84 Å². The van der Waals surface area contributed by atoms with E-state index in [2.05, 4.69) is 27.7 Å². The second-order valence-corrected chi connectivity index (χ2v) is 10.1. The van der Waals surface area contributed by atoms with Gasteiger partial charge in [0.1, 0.15) is 6.10 Å². The van der Waals surface area contributed by atoms with Gasteiger partial charge in [-0.3, -0.25) is 9.59 Å². The predicted octanol–water partition coefficient (Wildman–Crippen LogP) is 5.30. The Morgan fingerprint density at radius 2 is 1.65 bits per heavy atom. The lowest BCUT2D eigenvalue weighted by molar-refractivity contribution is -0.169. The molecule has 2 aliphatic rings. The molecule has 4 atom stereocenters. The van der Waals surface area contributed by atoms with Crippen LogP contribution in [-0.2, 0) is 14.3 Å². The van der Waals surface area contributed by atoms with Crippen molar-refractivity contribution in [2.24, 2.45) is 35.0 Å². The maximum absolute atomic E-state index is 13.0. The molecule has 0 amide bonds. The predicted molar refractivity (Wildman–Crippen MR) is 103 cm³/mol. The SMILES string of the molecule is CC1CCC(C(CC(C)(C)C)OC(=O)C2CCCC(C)C2C(=O)O)CC1. The Labute approximate surface area is 159 Å². The third kappa shape index (κ3) is 5.72. The molecule has 26 heavy (non-hydrogen) atoms. The number of carbonyl (C=O) groups is 2. The van der Waals surface area contributed by atoms with Crippen LogP contribution in [0.25, 0.3) is 0 Å². The second kappa shape index (κ2) is 8.75. The Kier molecular flexibility index (Phi) is 7.15. The van der Waals surface area contributed by atoms with Gasteiger partial charge in [0, 0.05) is 0 Å². The molecule has 150 valence electrons. The van der Waals surface area contributed by atoms with Crippen molar-refractivity contribution in [2.45, 2.75) is 92.1 Å². The van der Waals surface area contributed by atoms with Crippen molar-refractivity contribution in [3.63, 3.8) is 0 Å². The van der Waals surface area contributed by atoms with Crippen molar-refractivity contribution >= 4 is 11.9 Å². The molecule has 4 unspecified atom stereocenters. The molecule has 0 radical (unpaired) electrons. The number of carboxylic acid groups (broad SMARTS) is 1. The molecule has 0 aromatic rings. The van der Waals surface area contributed by atoms with Gasteiger partial charge in [-0.1, -0.05) is 53.9 Å². The molecule has 4 heteroatoms. The Morgan fingerprint density at radius 1 is 1.04 bits per heavy atom. The van der Waals surface area contributed by atoms with Gasteiger partial charge in [-0.2, -0.15) is 0 Å². The Bertz CT molecular complexity index is 485. The standard InChI is InChI=1S/C22H38O4/c1-14-9-11-16(12-10-14)18(13-22(3,4)5)26-21(25)17-8-6-7-15(2)19(17)20(23)24/h14-19H,6-13H2,1-5H3,(H,23,24). The summed E-state index contributed by atoms with van der Waals surface area (Å²) in [5.41, 5.74) is 0.0834. The van der Waals surface area contributed by atoms with E-state index in [-0.39, 0.29) is 23.4 Å². The topological polar surface area (TPSA) is 63.6 Å². The minimum absolute atomic E-state index is 0.0374. The van der Waals surface area contributed by atoms with Crippen LogP contribution in [0.15, 0.2) is 0 Å². The van der Waals surface area contributed by atoms with Crippen molar-refractivity contribution in [3.05, 3.63) is 0 Å². The molecular formula is C22H38O4. The number of esters is 1. The zero-order valence-electron chi connectivity index (χ0n) is 17.3. The molecule has 0 saturated heterocycles. The summed E-state index contributed by atoms with van der Waals surface area (Å²) in [6.07, 6.45) is 7.81. The summed E-state index contributed by atoms with van der Waals surface area (Å²) in [5.74, 6) is -0.990. The van der Waals surface area contributed by atoms with E-state index in [4.69, 9.17) is 4.74 Å². The lowest BCUT2D eigenvalue weighted by atomic mass is 9.72. The van der Waals surface area contributed by atoms with Crippen LogP contribution in [0, 0.1) is 35.0 Å². The minimum Gasteiger partial charge on any atom is -0.481 e. The third-order valence-corrected chi connectivity index (χ3v) is 6.48. The first-order valence-corrected chi connectivity index (χ1v) is 10.5. The largest absolute Gasteiger partial charge is 0.481 e. The number of carboxylic acids is 1. The number of aliphatic carboxylic acids is 1. The quantitative estimate of drug-likeness (QED) is 0.671. The molecule has 4 nitrogen and oxygen atoms in total. The van der Waals surface area contributed by atoms with Gasteiger partial charge in [-0.25, -0.2) is 0 Å².